The Bertz CT molecular complexity index is 959. The largest absolute Gasteiger partial charge is 0.459 e. The number of furan rings is 1. The van der Waals surface area contributed by atoms with Gasteiger partial charge in [-0.1, -0.05) is 52.4 Å². The van der Waals surface area contributed by atoms with Gasteiger partial charge in [0.25, 0.3) is 5.91 Å². The summed E-state index contributed by atoms with van der Waals surface area (Å²) >= 11 is 15.0. The minimum Gasteiger partial charge on any atom is -0.459 e. The summed E-state index contributed by atoms with van der Waals surface area (Å²) in [5.74, 6) is 0.293. The van der Waals surface area contributed by atoms with E-state index in [1.54, 1.807) is 30.3 Å². The van der Waals surface area contributed by atoms with Crippen LogP contribution in [0.3, 0.4) is 0 Å². The van der Waals surface area contributed by atoms with Crippen molar-refractivity contribution >= 4 is 63.2 Å². The second-order valence-electron chi connectivity index (χ2n) is 5.75. The van der Waals surface area contributed by atoms with Crippen molar-refractivity contribution < 1.29 is 14.0 Å². The molecule has 0 bridgehead atoms. The molecule has 152 valence electrons. The lowest BCUT2D eigenvalue weighted by Gasteiger charge is -2.04. The molecule has 2 heterocycles. The number of halogens is 2. The highest BCUT2D eigenvalue weighted by molar-refractivity contribution is 8.00. The number of thioether (sulfide) groups is 1. The maximum Gasteiger partial charge on any atom is 0.286 e. The molecule has 0 saturated heterocycles. The minimum absolute atomic E-state index is 0.195. The Hall–Kier alpha value is -2.07. The van der Waals surface area contributed by atoms with Crippen LogP contribution in [0.5, 0.6) is 0 Å². The maximum atomic E-state index is 12.0. The molecule has 1 aromatic carbocycles. The number of hydrogen-bond acceptors (Lipinski definition) is 7. The summed E-state index contributed by atoms with van der Waals surface area (Å²) in [5, 5.41) is 15.0. The molecule has 0 aliphatic heterocycles. The molecule has 7 nitrogen and oxygen atoms in total. The van der Waals surface area contributed by atoms with Gasteiger partial charge >= 0.3 is 0 Å². The van der Waals surface area contributed by atoms with Crippen molar-refractivity contribution in [2.24, 2.45) is 0 Å². The van der Waals surface area contributed by atoms with Crippen LogP contribution in [-0.4, -0.2) is 28.6 Å². The summed E-state index contributed by atoms with van der Waals surface area (Å²) in [6.07, 6.45) is 2.17. The van der Waals surface area contributed by atoms with E-state index in [-0.39, 0.29) is 24.0 Å². The van der Waals surface area contributed by atoms with E-state index in [1.807, 2.05) is 0 Å². The van der Waals surface area contributed by atoms with E-state index in [2.05, 4.69) is 20.8 Å². The lowest BCUT2D eigenvalue weighted by molar-refractivity contribution is -0.116. The molecule has 2 N–H and O–H groups in total. The van der Waals surface area contributed by atoms with Crippen LogP contribution in [0.25, 0.3) is 0 Å². The molecule has 3 aromatic rings. The Morgan fingerprint density at radius 2 is 1.93 bits per heavy atom. The van der Waals surface area contributed by atoms with Gasteiger partial charge in [0, 0.05) is 28.8 Å². The first kappa shape index (κ1) is 21.6. The van der Waals surface area contributed by atoms with Crippen LogP contribution in [0.1, 0.15) is 29.0 Å². The predicted octanol–water partition coefficient (Wildman–Crippen LogP) is 4.88. The van der Waals surface area contributed by atoms with Crippen molar-refractivity contribution in [3.05, 3.63) is 58.0 Å². The van der Waals surface area contributed by atoms with Crippen molar-refractivity contribution in [3.63, 3.8) is 0 Å². The Morgan fingerprint density at radius 3 is 2.66 bits per heavy atom. The molecule has 11 heteroatoms. The summed E-state index contributed by atoms with van der Waals surface area (Å²) in [5.41, 5.74) is 0.832. The van der Waals surface area contributed by atoms with E-state index in [1.165, 1.54) is 29.4 Å². The standard InChI is InChI=1S/C18H16Cl2N4O3S2/c19-12-4-1-5-13(20)11(12)10-28-18-24-23-17(29-18)22-15(25)7-2-8-21-16(26)14-6-3-9-27-14/h1,3-6,9H,2,7-8,10H2,(H,21,26)(H,22,23,25). The number of rotatable bonds is 9. The summed E-state index contributed by atoms with van der Waals surface area (Å²) in [6.45, 7) is 0.364. The molecular weight excluding hydrogens is 455 g/mol. The fourth-order valence-electron chi connectivity index (χ4n) is 2.25. The maximum absolute atomic E-state index is 12.0. The highest BCUT2D eigenvalue weighted by Gasteiger charge is 2.12. The molecule has 2 aromatic heterocycles. The Balaban J connectivity index is 1.39. The number of nitrogens with zero attached hydrogens (tertiary/aromatic N) is 2. The highest BCUT2D eigenvalue weighted by atomic mass is 35.5. The van der Waals surface area contributed by atoms with Crippen molar-refractivity contribution in [1.82, 2.24) is 15.5 Å². The number of hydrogen-bond donors (Lipinski definition) is 2. The van der Waals surface area contributed by atoms with Crippen LogP contribution in [0.2, 0.25) is 10.0 Å². The van der Waals surface area contributed by atoms with Gasteiger partial charge in [0.1, 0.15) is 0 Å². The smallest absolute Gasteiger partial charge is 0.286 e. The zero-order valence-corrected chi connectivity index (χ0v) is 18.1. The Labute approximate surface area is 185 Å². The van der Waals surface area contributed by atoms with E-state index in [0.29, 0.717) is 38.2 Å². The van der Waals surface area contributed by atoms with E-state index >= 15 is 0 Å². The minimum atomic E-state index is -0.306. The zero-order valence-electron chi connectivity index (χ0n) is 15.0. The quantitative estimate of drug-likeness (QED) is 0.262. The van der Waals surface area contributed by atoms with E-state index < -0.39 is 0 Å². The fourth-order valence-corrected chi connectivity index (χ4v) is 4.76. The van der Waals surface area contributed by atoms with Crippen LogP contribution in [-0.2, 0) is 10.5 Å². The van der Waals surface area contributed by atoms with Crippen molar-refractivity contribution in [3.8, 4) is 0 Å². The molecule has 2 amide bonds. The molecule has 0 unspecified atom stereocenters. The third kappa shape index (κ3) is 6.46. The van der Waals surface area contributed by atoms with Crippen molar-refractivity contribution in [1.29, 1.82) is 0 Å². The van der Waals surface area contributed by atoms with Crippen LogP contribution in [0.4, 0.5) is 5.13 Å². The lowest BCUT2D eigenvalue weighted by atomic mass is 10.2. The van der Waals surface area contributed by atoms with E-state index in [4.69, 9.17) is 27.6 Å². The molecule has 29 heavy (non-hydrogen) atoms. The van der Waals surface area contributed by atoms with Gasteiger partial charge in [0.2, 0.25) is 11.0 Å². The average molecular weight is 471 g/mol. The fraction of sp³-hybridized carbons (Fsp3) is 0.222. The number of carbonyl (C=O) groups excluding carboxylic acids is 2. The van der Waals surface area contributed by atoms with E-state index in [9.17, 15) is 9.59 Å². The first-order valence-electron chi connectivity index (χ1n) is 8.53. The van der Waals surface area contributed by atoms with Crippen LogP contribution >= 0.6 is 46.3 Å². The van der Waals surface area contributed by atoms with Crippen molar-refractivity contribution in [2.75, 3.05) is 11.9 Å². The van der Waals surface area contributed by atoms with Gasteiger partial charge in [-0.05, 0) is 36.2 Å². The third-order valence-corrected chi connectivity index (χ3v) is 6.37. The summed E-state index contributed by atoms with van der Waals surface area (Å²) in [6, 6.07) is 8.57. The second kappa shape index (κ2) is 10.6. The number of aromatic nitrogens is 2. The highest BCUT2D eigenvalue weighted by Crippen LogP contribution is 2.33. The first-order chi connectivity index (χ1) is 14.0. The SMILES string of the molecule is O=C(CCCNC(=O)c1ccco1)Nc1nnc(SCc2c(Cl)cccc2Cl)s1. The van der Waals surface area contributed by atoms with E-state index in [0.717, 1.165) is 5.56 Å². The van der Waals surface area contributed by atoms with Gasteiger partial charge in [-0.3, -0.25) is 9.59 Å². The molecular formula is C18H16Cl2N4O3S2. The number of nitrogens with one attached hydrogen (secondary N) is 2. The van der Waals surface area contributed by atoms with Crippen LogP contribution < -0.4 is 10.6 Å². The summed E-state index contributed by atoms with van der Waals surface area (Å²) in [7, 11) is 0. The molecule has 0 aliphatic rings. The van der Waals surface area contributed by atoms with Gasteiger partial charge in [0.15, 0.2) is 10.1 Å². The van der Waals surface area contributed by atoms with Crippen LogP contribution in [0, 0.1) is 0 Å². The van der Waals surface area contributed by atoms with Crippen molar-refractivity contribution in [2.45, 2.75) is 22.9 Å². The third-order valence-electron chi connectivity index (χ3n) is 3.67. The lowest BCUT2D eigenvalue weighted by Crippen LogP contribution is -2.25. The normalized spacial score (nSPS) is 10.7. The number of anilines is 1. The first-order valence-corrected chi connectivity index (χ1v) is 11.1. The predicted molar refractivity (Wildman–Crippen MR) is 115 cm³/mol. The Kier molecular flexibility index (Phi) is 7.93. The van der Waals surface area contributed by atoms with Gasteiger partial charge < -0.3 is 15.1 Å². The topological polar surface area (TPSA) is 97.1 Å². The summed E-state index contributed by atoms with van der Waals surface area (Å²) < 4.78 is 5.69. The number of amides is 2. The Morgan fingerprint density at radius 1 is 1.14 bits per heavy atom. The zero-order chi connectivity index (χ0) is 20.6. The van der Waals surface area contributed by atoms with Gasteiger partial charge in [-0.2, -0.15) is 0 Å². The van der Waals surface area contributed by atoms with Gasteiger partial charge in [-0.25, -0.2) is 0 Å². The van der Waals surface area contributed by atoms with Gasteiger partial charge in [-0.15, -0.1) is 10.2 Å². The number of carbonyl (C=O) groups is 2. The molecule has 0 spiro atoms. The molecule has 0 saturated carbocycles. The monoisotopic (exact) mass is 470 g/mol. The molecule has 0 aliphatic carbocycles. The summed E-state index contributed by atoms with van der Waals surface area (Å²) in [4.78, 5) is 23.7. The molecule has 0 atom stereocenters. The molecule has 0 fully saturated rings. The second-order valence-corrected chi connectivity index (χ2v) is 8.76. The average Bonchev–Trinajstić information content (AvgIpc) is 3.37. The van der Waals surface area contributed by atoms with Gasteiger partial charge in [0.05, 0.1) is 6.26 Å². The number of benzene rings is 1. The van der Waals surface area contributed by atoms with Crippen LogP contribution in [0.15, 0.2) is 45.4 Å². The molecule has 0 radical (unpaired) electrons. The molecule has 3 rings (SSSR count).